The van der Waals surface area contributed by atoms with Gasteiger partial charge in [-0.2, -0.15) is 0 Å². The number of methoxy groups -OCH3 is 1. The molecule has 0 aromatic heterocycles. The number of carbonyl (C=O) groups excluding carboxylic acids is 1. The van der Waals surface area contributed by atoms with Crippen molar-refractivity contribution >= 4 is 17.3 Å². The molecule has 0 bridgehead atoms. The fourth-order valence-corrected chi connectivity index (χ4v) is 3.06. The van der Waals surface area contributed by atoms with Gasteiger partial charge in [-0.3, -0.25) is 4.79 Å². The lowest BCUT2D eigenvalue weighted by Crippen LogP contribution is -2.14. The SMILES string of the molecule is COc1cc(C(=O)Nc2cc(N)ccc2C)ccc1OC1CCCC1. The lowest BCUT2D eigenvalue weighted by Gasteiger charge is -2.16. The van der Waals surface area contributed by atoms with E-state index in [9.17, 15) is 4.79 Å². The molecule has 0 radical (unpaired) electrons. The first-order valence-corrected chi connectivity index (χ1v) is 8.59. The maximum Gasteiger partial charge on any atom is 0.255 e. The lowest BCUT2D eigenvalue weighted by molar-refractivity contribution is 0.102. The number of anilines is 2. The van der Waals surface area contributed by atoms with Gasteiger partial charge < -0.3 is 20.5 Å². The van der Waals surface area contributed by atoms with Crippen LogP contribution in [0.5, 0.6) is 11.5 Å². The van der Waals surface area contributed by atoms with Crippen LogP contribution in [0.15, 0.2) is 36.4 Å². The molecule has 0 heterocycles. The lowest BCUT2D eigenvalue weighted by atomic mass is 10.1. The summed E-state index contributed by atoms with van der Waals surface area (Å²) in [5.41, 5.74) is 8.58. The molecule has 1 fully saturated rings. The summed E-state index contributed by atoms with van der Waals surface area (Å²) in [6.45, 7) is 1.92. The van der Waals surface area contributed by atoms with E-state index in [1.807, 2.05) is 19.1 Å². The smallest absolute Gasteiger partial charge is 0.255 e. The highest BCUT2D eigenvalue weighted by Crippen LogP contribution is 2.32. The van der Waals surface area contributed by atoms with Crippen LogP contribution in [0.1, 0.15) is 41.6 Å². The van der Waals surface area contributed by atoms with Crippen molar-refractivity contribution in [2.24, 2.45) is 0 Å². The number of nitrogens with one attached hydrogen (secondary N) is 1. The van der Waals surface area contributed by atoms with Crippen molar-refractivity contribution in [3.63, 3.8) is 0 Å². The molecule has 3 rings (SSSR count). The molecule has 25 heavy (non-hydrogen) atoms. The van der Waals surface area contributed by atoms with Crippen LogP contribution in [-0.2, 0) is 0 Å². The Kier molecular flexibility index (Phi) is 5.12. The zero-order valence-electron chi connectivity index (χ0n) is 14.7. The van der Waals surface area contributed by atoms with Gasteiger partial charge in [0, 0.05) is 16.9 Å². The average molecular weight is 340 g/mol. The molecule has 2 aromatic rings. The summed E-state index contributed by atoms with van der Waals surface area (Å²) in [6, 6.07) is 10.7. The molecule has 2 aromatic carbocycles. The zero-order valence-corrected chi connectivity index (χ0v) is 14.7. The van der Waals surface area contributed by atoms with Gasteiger partial charge in [0.05, 0.1) is 13.2 Å². The minimum atomic E-state index is -0.209. The quantitative estimate of drug-likeness (QED) is 0.802. The number of benzene rings is 2. The molecule has 132 valence electrons. The number of carbonyl (C=O) groups is 1. The van der Waals surface area contributed by atoms with E-state index in [0.29, 0.717) is 28.4 Å². The Morgan fingerprint density at radius 2 is 1.88 bits per heavy atom. The molecule has 3 N–H and O–H groups in total. The van der Waals surface area contributed by atoms with Crippen LogP contribution >= 0.6 is 0 Å². The largest absolute Gasteiger partial charge is 0.493 e. The van der Waals surface area contributed by atoms with E-state index in [0.717, 1.165) is 18.4 Å². The van der Waals surface area contributed by atoms with Gasteiger partial charge in [-0.15, -0.1) is 0 Å². The molecule has 1 aliphatic carbocycles. The van der Waals surface area contributed by atoms with Crippen molar-refractivity contribution < 1.29 is 14.3 Å². The minimum Gasteiger partial charge on any atom is -0.493 e. The molecule has 5 heteroatoms. The van der Waals surface area contributed by atoms with Gasteiger partial charge in [0.25, 0.3) is 5.91 Å². The number of hydrogen-bond acceptors (Lipinski definition) is 4. The van der Waals surface area contributed by atoms with E-state index in [4.69, 9.17) is 15.2 Å². The van der Waals surface area contributed by atoms with Gasteiger partial charge in [0.2, 0.25) is 0 Å². The highest BCUT2D eigenvalue weighted by atomic mass is 16.5. The standard InChI is InChI=1S/C20H24N2O3/c1-13-7-9-15(21)12-17(13)22-20(23)14-8-10-18(19(11-14)24-2)25-16-5-3-4-6-16/h7-12,16H,3-6,21H2,1-2H3,(H,22,23). The summed E-state index contributed by atoms with van der Waals surface area (Å²) in [4.78, 5) is 12.6. The van der Waals surface area contributed by atoms with Gasteiger partial charge in [-0.25, -0.2) is 0 Å². The molecule has 0 atom stereocenters. The van der Waals surface area contributed by atoms with Crippen LogP contribution in [0.4, 0.5) is 11.4 Å². The second-order valence-electron chi connectivity index (χ2n) is 6.42. The van der Waals surface area contributed by atoms with Crippen molar-refractivity contribution in [3.05, 3.63) is 47.5 Å². The van der Waals surface area contributed by atoms with Crippen LogP contribution in [0.25, 0.3) is 0 Å². The van der Waals surface area contributed by atoms with Crippen LogP contribution in [0, 0.1) is 6.92 Å². The highest BCUT2D eigenvalue weighted by molar-refractivity contribution is 6.05. The first-order chi connectivity index (χ1) is 12.1. The number of ether oxygens (including phenoxy) is 2. The number of nitrogens with two attached hydrogens (primary N) is 1. The molecule has 5 nitrogen and oxygen atoms in total. The number of amides is 1. The van der Waals surface area contributed by atoms with Gasteiger partial charge in [0.1, 0.15) is 0 Å². The highest BCUT2D eigenvalue weighted by Gasteiger charge is 2.19. The molecule has 0 spiro atoms. The molecule has 0 aliphatic heterocycles. The third-order valence-corrected chi connectivity index (χ3v) is 4.53. The monoisotopic (exact) mass is 340 g/mol. The fraction of sp³-hybridized carbons (Fsp3) is 0.350. The number of aryl methyl sites for hydroxylation is 1. The van der Waals surface area contributed by atoms with Crippen molar-refractivity contribution in [1.82, 2.24) is 0 Å². The first kappa shape index (κ1) is 17.1. The first-order valence-electron chi connectivity index (χ1n) is 8.59. The Bertz CT molecular complexity index is 768. The Balaban J connectivity index is 1.77. The second-order valence-corrected chi connectivity index (χ2v) is 6.42. The summed E-state index contributed by atoms with van der Waals surface area (Å²) in [6.07, 6.45) is 4.78. The van der Waals surface area contributed by atoms with Crippen LogP contribution < -0.4 is 20.5 Å². The van der Waals surface area contributed by atoms with E-state index in [2.05, 4.69) is 5.32 Å². The van der Waals surface area contributed by atoms with Crippen molar-refractivity contribution in [3.8, 4) is 11.5 Å². The van der Waals surface area contributed by atoms with Gasteiger partial charge in [-0.05, 0) is 68.5 Å². The van der Waals surface area contributed by atoms with Gasteiger partial charge in [-0.1, -0.05) is 6.07 Å². The summed E-state index contributed by atoms with van der Waals surface area (Å²) in [5.74, 6) is 1.05. The Morgan fingerprint density at radius 1 is 1.12 bits per heavy atom. The fourth-order valence-electron chi connectivity index (χ4n) is 3.06. The number of hydrogen-bond donors (Lipinski definition) is 2. The molecular formula is C20H24N2O3. The van der Waals surface area contributed by atoms with E-state index in [1.54, 1.807) is 31.4 Å². The number of rotatable bonds is 5. The molecule has 0 unspecified atom stereocenters. The zero-order chi connectivity index (χ0) is 17.8. The minimum absolute atomic E-state index is 0.209. The van der Waals surface area contributed by atoms with E-state index in [-0.39, 0.29) is 12.0 Å². The molecule has 1 saturated carbocycles. The van der Waals surface area contributed by atoms with Gasteiger partial charge in [0.15, 0.2) is 11.5 Å². The molecular weight excluding hydrogens is 316 g/mol. The van der Waals surface area contributed by atoms with Gasteiger partial charge >= 0.3 is 0 Å². The average Bonchev–Trinajstić information content (AvgIpc) is 3.11. The Labute approximate surface area is 148 Å². The Hall–Kier alpha value is -2.69. The predicted octanol–water partition coefficient (Wildman–Crippen LogP) is 4.16. The van der Waals surface area contributed by atoms with Crippen LogP contribution in [0.3, 0.4) is 0 Å². The third kappa shape index (κ3) is 4.05. The van der Waals surface area contributed by atoms with E-state index in [1.165, 1.54) is 12.8 Å². The molecule has 1 amide bonds. The van der Waals surface area contributed by atoms with Crippen molar-refractivity contribution in [1.29, 1.82) is 0 Å². The summed E-state index contributed by atoms with van der Waals surface area (Å²) >= 11 is 0. The normalized spacial score (nSPS) is 14.3. The van der Waals surface area contributed by atoms with Crippen molar-refractivity contribution in [2.45, 2.75) is 38.7 Å². The van der Waals surface area contributed by atoms with Crippen LogP contribution in [-0.4, -0.2) is 19.1 Å². The second kappa shape index (κ2) is 7.47. The molecule has 1 aliphatic rings. The predicted molar refractivity (Wildman–Crippen MR) is 99.4 cm³/mol. The van der Waals surface area contributed by atoms with E-state index >= 15 is 0 Å². The Morgan fingerprint density at radius 3 is 2.60 bits per heavy atom. The topological polar surface area (TPSA) is 73.6 Å². The maximum atomic E-state index is 12.6. The number of nitrogen functional groups attached to an aromatic ring is 1. The maximum absolute atomic E-state index is 12.6. The summed E-state index contributed by atoms with van der Waals surface area (Å²) in [5, 5.41) is 2.90. The summed E-state index contributed by atoms with van der Waals surface area (Å²) < 4.78 is 11.4. The van der Waals surface area contributed by atoms with E-state index < -0.39 is 0 Å². The molecule has 0 saturated heterocycles. The van der Waals surface area contributed by atoms with Crippen molar-refractivity contribution in [2.75, 3.05) is 18.2 Å². The summed E-state index contributed by atoms with van der Waals surface area (Å²) in [7, 11) is 1.58. The van der Waals surface area contributed by atoms with Crippen LogP contribution in [0.2, 0.25) is 0 Å². The third-order valence-electron chi connectivity index (χ3n) is 4.53.